The summed E-state index contributed by atoms with van der Waals surface area (Å²) in [4.78, 5) is 37.0. The highest BCUT2D eigenvalue weighted by atomic mass is 16.5. The predicted molar refractivity (Wildman–Crippen MR) is 125 cm³/mol. The molecule has 8 nitrogen and oxygen atoms in total. The number of fused-ring (bicyclic) bond motifs is 3. The molecule has 2 unspecified atom stereocenters. The van der Waals surface area contributed by atoms with Crippen molar-refractivity contribution >= 4 is 18.0 Å². The number of nitrogens with one attached hydrogen (secondary N) is 2. The van der Waals surface area contributed by atoms with Gasteiger partial charge in [0.15, 0.2) is 0 Å². The van der Waals surface area contributed by atoms with Crippen LogP contribution in [-0.4, -0.2) is 55.5 Å². The molecule has 0 heterocycles. The summed E-state index contributed by atoms with van der Waals surface area (Å²) in [6, 6.07) is 14.2. The highest BCUT2D eigenvalue weighted by Gasteiger charge is 2.34. The van der Waals surface area contributed by atoms with Crippen LogP contribution in [-0.2, 0) is 19.1 Å². The molecule has 1 saturated carbocycles. The summed E-state index contributed by atoms with van der Waals surface area (Å²) in [5, 5.41) is 14.6. The average molecular weight is 467 g/mol. The maximum Gasteiger partial charge on any atom is 0.407 e. The number of benzene rings is 2. The van der Waals surface area contributed by atoms with E-state index in [1.54, 1.807) is 0 Å². The van der Waals surface area contributed by atoms with Gasteiger partial charge in [-0.2, -0.15) is 0 Å². The molecule has 3 N–H and O–H groups in total. The number of ether oxygens (including phenoxy) is 2. The SMILES string of the molecule is COCCC(NC(=O)C(CC1CC1)NC(=O)OCC1c2ccccc2-c2ccccc21)C(=O)O. The minimum absolute atomic E-state index is 0.0840. The van der Waals surface area contributed by atoms with E-state index < -0.39 is 30.1 Å². The van der Waals surface area contributed by atoms with E-state index in [0.29, 0.717) is 12.3 Å². The van der Waals surface area contributed by atoms with Gasteiger partial charge in [0.25, 0.3) is 0 Å². The number of carboxylic acids is 1. The Morgan fingerprint density at radius 1 is 0.971 bits per heavy atom. The maximum atomic E-state index is 12.8. The van der Waals surface area contributed by atoms with Crippen molar-refractivity contribution in [2.45, 2.75) is 43.7 Å². The number of carboxylic acid groups (broad SMARTS) is 1. The largest absolute Gasteiger partial charge is 0.480 e. The number of alkyl carbamates (subject to hydrolysis) is 1. The molecular weight excluding hydrogens is 436 g/mol. The van der Waals surface area contributed by atoms with Gasteiger partial charge in [0.05, 0.1) is 0 Å². The Morgan fingerprint density at radius 3 is 2.15 bits per heavy atom. The third-order valence-corrected chi connectivity index (χ3v) is 6.44. The van der Waals surface area contributed by atoms with Crippen LogP contribution in [0.25, 0.3) is 11.1 Å². The van der Waals surface area contributed by atoms with Gasteiger partial charge in [-0.25, -0.2) is 9.59 Å². The highest BCUT2D eigenvalue weighted by molar-refractivity contribution is 5.89. The molecule has 180 valence electrons. The van der Waals surface area contributed by atoms with Crippen molar-refractivity contribution in [3.63, 3.8) is 0 Å². The zero-order chi connectivity index (χ0) is 24.1. The summed E-state index contributed by atoms with van der Waals surface area (Å²) in [6.45, 7) is 0.341. The summed E-state index contributed by atoms with van der Waals surface area (Å²) in [5.74, 6) is -1.41. The first-order chi connectivity index (χ1) is 16.5. The summed E-state index contributed by atoms with van der Waals surface area (Å²) in [6.07, 6.45) is 1.88. The second-order valence-electron chi connectivity index (χ2n) is 8.88. The molecule has 0 aromatic heterocycles. The fraction of sp³-hybridized carbons (Fsp3) is 0.423. The van der Waals surface area contributed by atoms with Crippen molar-refractivity contribution in [3.05, 3.63) is 59.7 Å². The maximum absolute atomic E-state index is 12.8. The Morgan fingerprint density at radius 2 is 1.59 bits per heavy atom. The van der Waals surface area contributed by atoms with Crippen molar-refractivity contribution in [1.29, 1.82) is 0 Å². The summed E-state index contributed by atoms with van der Waals surface area (Å²) < 4.78 is 10.5. The van der Waals surface area contributed by atoms with Crippen molar-refractivity contribution in [2.24, 2.45) is 5.92 Å². The number of aliphatic carboxylic acids is 1. The lowest BCUT2D eigenvalue weighted by Crippen LogP contribution is -2.52. The first-order valence-corrected chi connectivity index (χ1v) is 11.6. The van der Waals surface area contributed by atoms with Crippen LogP contribution >= 0.6 is 0 Å². The number of hydrogen-bond acceptors (Lipinski definition) is 5. The smallest absolute Gasteiger partial charge is 0.407 e. The van der Waals surface area contributed by atoms with Gasteiger partial charge >= 0.3 is 12.1 Å². The topological polar surface area (TPSA) is 114 Å². The summed E-state index contributed by atoms with van der Waals surface area (Å²) in [5.41, 5.74) is 4.47. The zero-order valence-corrected chi connectivity index (χ0v) is 19.2. The Labute approximate surface area is 198 Å². The lowest BCUT2D eigenvalue weighted by molar-refractivity contribution is -0.142. The fourth-order valence-electron chi connectivity index (χ4n) is 4.47. The molecule has 2 aliphatic carbocycles. The van der Waals surface area contributed by atoms with E-state index in [2.05, 4.69) is 22.8 Å². The lowest BCUT2D eigenvalue weighted by Gasteiger charge is -2.22. The fourth-order valence-corrected chi connectivity index (χ4v) is 4.47. The molecule has 0 radical (unpaired) electrons. The monoisotopic (exact) mass is 466 g/mol. The van der Waals surface area contributed by atoms with Gasteiger partial charge < -0.3 is 25.2 Å². The van der Waals surface area contributed by atoms with Crippen LogP contribution in [0.4, 0.5) is 4.79 Å². The molecule has 2 amide bonds. The Hall–Kier alpha value is -3.39. The van der Waals surface area contributed by atoms with E-state index in [-0.39, 0.29) is 25.6 Å². The number of amides is 2. The molecular formula is C26H30N2O6. The number of methoxy groups -OCH3 is 1. The number of rotatable bonds is 11. The van der Waals surface area contributed by atoms with Gasteiger partial charge in [-0.1, -0.05) is 61.4 Å². The van der Waals surface area contributed by atoms with E-state index in [0.717, 1.165) is 35.1 Å². The molecule has 8 heteroatoms. The van der Waals surface area contributed by atoms with Crippen LogP contribution in [0.2, 0.25) is 0 Å². The lowest BCUT2D eigenvalue weighted by atomic mass is 9.98. The van der Waals surface area contributed by atoms with Gasteiger partial charge in [0.2, 0.25) is 5.91 Å². The van der Waals surface area contributed by atoms with Crippen molar-refractivity contribution < 1.29 is 29.0 Å². The predicted octanol–water partition coefficient (Wildman–Crippen LogP) is 3.30. The molecule has 0 saturated heterocycles. The molecule has 0 aliphatic heterocycles. The zero-order valence-electron chi connectivity index (χ0n) is 19.2. The second-order valence-corrected chi connectivity index (χ2v) is 8.88. The molecule has 2 atom stereocenters. The van der Waals surface area contributed by atoms with Crippen LogP contribution in [0.1, 0.15) is 42.7 Å². The van der Waals surface area contributed by atoms with Crippen LogP contribution < -0.4 is 10.6 Å². The van der Waals surface area contributed by atoms with Gasteiger partial charge in [-0.15, -0.1) is 0 Å². The molecule has 2 aromatic carbocycles. The van der Waals surface area contributed by atoms with E-state index >= 15 is 0 Å². The van der Waals surface area contributed by atoms with Gasteiger partial charge in [-0.05, 0) is 34.6 Å². The quantitative estimate of drug-likeness (QED) is 0.468. The number of carbonyl (C=O) groups is 3. The van der Waals surface area contributed by atoms with Crippen LogP contribution in [0.15, 0.2) is 48.5 Å². The van der Waals surface area contributed by atoms with Gasteiger partial charge in [-0.3, -0.25) is 4.79 Å². The standard InChI is InChI=1S/C26H30N2O6/c1-33-13-12-22(25(30)31)27-24(29)23(14-16-10-11-16)28-26(32)34-15-21-19-8-4-2-6-17(19)18-7-3-5-9-20(18)21/h2-9,16,21-23H,10-15H2,1H3,(H,27,29)(H,28,32)(H,30,31). The molecule has 34 heavy (non-hydrogen) atoms. The highest BCUT2D eigenvalue weighted by Crippen LogP contribution is 2.44. The molecule has 1 fully saturated rings. The molecule has 4 rings (SSSR count). The van der Waals surface area contributed by atoms with Gasteiger partial charge in [0.1, 0.15) is 18.7 Å². The second kappa shape index (κ2) is 10.7. The Kier molecular flexibility index (Phi) is 7.47. The van der Waals surface area contributed by atoms with Crippen LogP contribution in [0.5, 0.6) is 0 Å². The molecule has 2 aliphatic rings. The molecule has 0 spiro atoms. The average Bonchev–Trinajstić information content (AvgIpc) is 3.60. The van der Waals surface area contributed by atoms with Crippen molar-refractivity contribution in [2.75, 3.05) is 20.3 Å². The van der Waals surface area contributed by atoms with E-state index in [1.165, 1.54) is 7.11 Å². The Balaban J connectivity index is 1.39. The first kappa shape index (κ1) is 23.8. The van der Waals surface area contributed by atoms with Crippen LogP contribution in [0, 0.1) is 5.92 Å². The first-order valence-electron chi connectivity index (χ1n) is 11.6. The number of carbonyl (C=O) groups excluding carboxylic acids is 2. The van der Waals surface area contributed by atoms with Crippen LogP contribution in [0.3, 0.4) is 0 Å². The third kappa shape index (κ3) is 5.56. The van der Waals surface area contributed by atoms with E-state index in [9.17, 15) is 19.5 Å². The van der Waals surface area contributed by atoms with E-state index in [4.69, 9.17) is 9.47 Å². The molecule has 2 aromatic rings. The normalized spacial score (nSPS) is 16.1. The third-order valence-electron chi connectivity index (χ3n) is 6.44. The van der Waals surface area contributed by atoms with E-state index in [1.807, 2.05) is 36.4 Å². The minimum Gasteiger partial charge on any atom is -0.480 e. The minimum atomic E-state index is -1.14. The number of hydrogen-bond donors (Lipinski definition) is 3. The van der Waals surface area contributed by atoms with Crippen molar-refractivity contribution in [3.8, 4) is 11.1 Å². The summed E-state index contributed by atoms with van der Waals surface area (Å²) >= 11 is 0. The van der Waals surface area contributed by atoms with Crippen molar-refractivity contribution in [1.82, 2.24) is 10.6 Å². The molecule has 0 bridgehead atoms. The Bertz CT molecular complexity index is 1010. The van der Waals surface area contributed by atoms with Gasteiger partial charge in [0, 0.05) is 26.1 Å². The summed E-state index contributed by atoms with van der Waals surface area (Å²) in [7, 11) is 1.47.